The number of rotatable bonds is 4. The highest BCUT2D eigenvalue weighted by Crippen LogP contribution is 2.33. The van der Waals surface area contributed by atoms with Crippen molar-refractivity contribution in [2.75, 3.05) is 31.5 Å². The summed E-state index contributed by atoms with van der Waals surface area (Å²) in [7, 11) is 0. The van der Waals surface area contributed by atoms with E-state index in [9.17, 15) is 14.4 Å². The van der Waals surface area contributed by atoms with Gasteiger partial charge in [0.15, 0.2) is 5.76 Å². The lowest BCUT2D eigenvalue weighted by atomic mass is 10.2. The Morgan fingerprint density at radius 1 is 0.806 bits per heavy atom. The number of hydrogen-bond acceptors (Lipinski definition) is 5. The first-order chi connectivity index (χ1) is 15.1. The number of amides is 3. The van der Waals surface area contributed by atoms with Gasteiger partial charge < -0.3 is 19.5 Å². The van der Waals surface area contributed by atoms with E-state index in [1.165, 1.54) is 22.9 Å². The Bertz CT molecular complexity index is 1060. The third kappa shape index (κ3) is 4.97. The number of para-hydroxylation sites is 1. The summed E-state index contributed by atoms with van der Waals surface area (Å²) < 4.78 is 5.14. The van der Waals surface area contributed by atoms with Gasteiger partial charge in [0.1, 0.15) is 0 Å². The molecule has 3 aromatic rings. The molecule has 8 heteroatoms. The van der Waals surface area contributed by atoms with E-state index in [1.54, 1.807) is 23.1 Å². The zero-order valence-electron chi connectivity index (χ0n) is 16.7. The summed E-state index contributed by atoms with van der Waals surface area (Å²) in [5, 5.41) is 2.74. The minimum absolute atomic E-state index is 0.214. The van der Waals surface area contributed by atoms with E-state index in [4.69, 9.17) is 4.42 Å². The molecule has 31 heavy (non-hydrogen) atoms. The van der Waals surface area contributed by atoms with Crippen LogP contribution in [0.15, 0.2) is 87.2 Å². The van der Waals surface area contributed by atoms with Crippen molar-refractivity contribution >= 4 is 35.2 Å². The monoisotopic (exact) mass is 435 g/mol. The van der Waals surface area contributed by atoms with Gasteiger partial charge in [0.25, 0.3) is 5.91 Å². The summed E-state index contributed by atoms with van der Waals surface area (Å²) >= 11 is 1.51. The van der Waals surface area contributed by atoms with Crippen molar-refractivity contribution < 1.29 is 18.8 Å². The third-order valence-corrected chi connectivity index (χ3v) is 5.97. The predicted octanol–water partition coefficient (Wildman–Crippen LogP) is 3.35. The molecule has 0 bridgehead atoms. The number of hydrogen-bond donors (Lipinski definition) is 1. The lowest BCUT2D eigenvalue weighted by molar-refractivity contribution is -0.144. The summed E-state index contributed by atoms with van der Waals surface area (Å²) in [4.78, 5) is 42.6. The highest BCUT2D eigenvalue weighted by molar-refractivity contribution is 7.99. The van der Waals surface area contributed by atoms with Gasteiger partial charge in [-0.1, -0.05) is 42.1 Å². The molecule has 1 saturated heterocycles. The second-order valence-electron chi connectivity index (χ2n) is 6.93. The Morgan fingerprint density at radius 3 is 2.19 bits per heavy atom. The van der Waals surface area contributed by atoms with E-state index in [2.05, 4.69) is 5.32 Å². The fourth-order valence-electron chi connectivity index (χ4n) is 3.26. The average Bonchev–Trinajstić information content (AvgIpc) is 3.35. The minimum atomic E-state index is -0.688. The van der Waals surface area contributed by atoms with E-state index in [-0.39, 0.29) is 11.7 Å². The summed E-state index contributed by atoms with van der Waals surface area (Å²) in [6.45, 7) is 1.27. The van der Waals surface area contributed by atoms with Gasteiger partial charge in [-0.3, -0.25) is 14.4 Å². The van der Waals surface area contributed by atoms with Crippen LogP contribution in [0.5, 0.6) is 0 Å². The SMILES string of the molecule is O=C(Nc1ccccc1Sc1ccccc1)C(=O)N1CCN(C(=O)c2ccco2)CC1. The molecule has 0 aliphatic carbocycles. The second-order valence-corrected chi connectivity index (χ2v) is 8.04. The fourth-order valence-corrected chi connectivity index (χ4v) is 4.19. The Balaban J connectivity index is 1.35. The zero-order chi connectivity index (χ0) is 21.6. The van der Waals surface area contributed by atoms with Crippen LogP contribution in [-0.2, 0) is 9.59 Å². The van der Waals surface area contributed by atoms with Crippen LogP contribution in [0.1, 0.15) is 10.6 Å². The van der Waals surface area contributed by atoms with Crippen LogP contribution in [0.4, 0.5) is 5.69 Å². The Hall–Kier alpha value is -3.52. The normalized spacial score (nSPS) is 13.7. The van der Waals surface area contributed by atoms with E-state index in [0.717, 1.165) is 9.79 Å². The molecule has 1 N–H and O–H groups in total. The molecule has 0 saturated carbocycles. The molecule has 0 atom stereocenters. The number of nitrogens with one attached hydrogen (secondary N) is 1. The largest absolute Gasteiger partial charge is 0.459 e. The molecular weight excluding hydrogens is 414 g/mol. The van der Waals surface area contributed by atoms with Crippen LogP contribution >= 0.6 is 11.8 Å². The number of benzene rings is 2. The van der Waals surface area contributed by atoms with Gasteiger partial charge in [-0.15, -0.1) is 0 Å². The quantitative estimate of drug-likeness (QED) is 0.636. The van der Waals surface area contributed by atoms with Crippen LogP contribution in [-0.4, -0.2) is 53.7 Å². The molecule has 1 aromatic heterocycles. The number of carbonyl (C=O) groups excluding carboxylic acids is 3. The fraction of sp³-hybridized carbons (Fsp3) is 0.174. The topological polar surface area (TPSA) is 82.9 Å². The van der Waals surface area contributed by atoms with Crippen LogP contribution in [0.2, 0.25) is 0 Å². The van der Waals surface area contributed by atoms with Crippen molar-refractivity contribution in [2.24, 2.45) is 0 Å². The van der Waals surface area contributed by atoms with Crippen molar-refractivity contribution in [1.29, 1.82) is 0 Å². The summed E-state index contributed by atoms with van der Waals surface area (Å²) in [6.07, 6.45) is 1.45. The van der Waals surface area contributed by atoms with Gasteiger partial charge in [-0.25, -0.2) is 0 Å². The highest BCUT2D eigenvalue weighted by Gasteiger charge is 2.29. The van der Waals surface area contributed by atoms with Crippen LogP contribution in [0, 0.1) is 0 Å². The number of furan rings is 1. The van der Waals surface area contributed by atoms with Crippen molar-refractivity contribution in [2.45, 2.75) is 9.79 Å². The zero-order valence-corrected chi connectivity index (χ0v) is 17.5. The standard InChI is InChI=1S/C23H21N3O4S/c27-21(24-18-9-4-5-11-20(18)31-17-7-2-1-3-8-17)23(29)26-14-12-25(13-15-26)22(28)19-10-6-16-30-19/h1-11,16H,12-15H2,(H,24,27). The first kappa shape index (κ1) is 20.7. The van der Waals surface area contributed by atoms with Crippen molar-refractivity contribution in [3.63, 3.8) is 0 Å². The number of carbonyl (C=O) groups is 3. The maximum Gasteiger partial charge on any atom is 0.313 e. The van der Waals surface area contributed by atoms with E-state index in [0.29, 0.717) is 31.9 Å². The third-order valence-electron chi connectivity index (χ3n) is 4.89. The molecule has 4 rings (SSSR count). The van der Waals surface area contributed by atoms with Crippen molar-refractivity contribution in [3.8, 4) is 0 Å². The molecule has 1 fully saturated rings. The smallest absolute Gasteiger partial charge is 0.313 e. The van der Waals surface area contributed by atoms with E-state index in [1.807, 2.05) is 48.5 Å². The van der Waals surface area contributed by atoms with Gasteiger partial charge >= 0.3 is 11.8 Å². The average molecular weight is 436 g/mol. The molecule has 3 amide bonds. The molecular formula is C23H21N3O4S. The van der Waals surface area contributed by atoms with Crippen molar-refractivity contribution in [1.82, 2.24) is 9.80 Å². The van der Waals surface area contributed by atoms with Crippen LogP contribution in [0.3, 0.4) is 0 Å². The van der Waals surface area contributed by atoms with Crippen LogP contribution < -0.4 is 5.32 Å². The molecule has 0 unspecified atom stereocenters. The van der Waals surface area contributed by atoms with Gasteiger partial charge in [0.2, 0.25) is 0 Å². The second kappa shape index (κ2) is 9.53. The number of anilines is 1. The molecule has 2 aromatic carbocycles. The maximum absolute atomic E-state index is 12.7. The molecule has 0 radical (unpaired) electrons. The van der Waals surface area contributed by atoms with Crippen LogP contribution in [0.25, 0.3) is 0 Å². The van der Waals surface area contributed by atoms with Crippen molar-refractivity contribution in [3.05, 3.63) is 78.8 Å². The molecule has 7 nitrogen and oxygen atoms in total. The number of piperazine rings is 1. The highest BCUT2D eigenvalue weighted by atomic mass is 32.2. The van der Waals surface area contributed by atoms with Gasteiger partial charge in [0, 0.05) is 36.0 Å². The summed E-state index contributed by atoms with van der Waals surface area (Å²) in [5.41, 5.74) is 0.585. The Labute approximate surface area is 184 Å². The van der Waals surface area contributed by atoms with Gasteiger partial charge in [-0.2, -0.15) is 0 Å². The molecule has 1 aliphatic heterocycles. The van der Waals surface area contributed by atoms with E-state index < -0.39 is 11.8 Å². The molecule has 158 valence electrons. The summed E-state index contributed by atoms with van der Waals surface area (Å²) in [5.74, 6) is -1.24. The Morgan fingerprint density at radius 2 is 1.48 bits per heavy atom. The lowest BCUT2D eigenvalue weighted by Gasteiger charge is -2.33. The van der Waals surface area contributed by atoms with Gasteiger partial charge in [0.05, 0.1) is 12.0 Å². The number of nitrogens with zero attached hydrogens (tertiary/aromatic N) is 2. The minimum Gasteiger partial charge on any atom is -0.459 e. The molecule has 0 spiro atoms. The van der Waals surface area contributed by atoms with E-state index >= 15 is 0 Å². The molecule has 1 aliphatic rings. The first-order valence-electron chi connectivity index (χ1n) is 9.87. The summed E-state index contributed by atoms with van der Waals surface area (Å²) in [6, 6.07) is 20.4. The Kier molecular flexibility index (Phi) is 6.37. The maximum atomic E-state index is 12.7. The molecule has 2 heterocycles. The first-order valence-corrected chi connectivity index (χ1v) is 10.7. The lowest BCUT2D eigenvalue weighted by Crippen LogP contribution is -2.53. The van der Waals surface area contributed by atoms with Gasteiger partial charge in [-0.05, 0) is 36.4 Å². The predicted molar refractivity (Wildman–Crippen MR) is 117 cm³/mol.